The fourth-order valence-corrected chi connectivity index (χ4v) is 1.54. The topological polar surface area (TPSA) is 63.8 Å². The smallest absolute Gasteiger partial charge is 0.144 e. The second-order valence-electron chi connectivity index (χ2n) is 2.83. The third-order valence-corrected chi connectivity index (χ3v) is 2.32. The lowest BCUT2D eigenvalue weighted by atomic mass is 10.4. The average Bonchev–Trinajstić information content (AvgIpc) is 2.09. The molecule has 1 heterocycles. The number of aromatic nitrogens is 2. The van der Waals surface area contributed by atoms with Gasteiger partial charge in [0, 0.05) is 11.8 Å². The van der Waals surface area contributed by atoms with Gasteiger partial charge in [0.15, 0.2) is 0 Å². The minimum atomic E-state index is 0.396. The minimum Gasteiger partial charge on any atom is -0.382 e. The number of nitrogen functional groups attached to an aromatic ring is 1. The van der Waals surface area contributed by atoms with Crippen LogP contribution in [0.15, 0.2) is 12.4 Å². The first-order valence-corrected chi connectivity index (χ1v) is 5.44. The monoisotopic (exact) mass is 198 g/mol. The molecule has 0 spiro atoms. The molecular formula is C8H14N4S. The second-order valence-corrected chi connectivity index (χ2v) is 3.74. The zero-order chi connectivity index (χ0) is 9.68. The summed E-state index contributed by atoms with van der Waals surface area (Å²) in [5, 5.41) is 3.22. The van der Waals surface area contributed by atoms with Gasteiger partial charge in [0.2, 0.25) is 0 Å². The van der Waals surface area contributed by atoms with Crippen LogP contribution in [-0.4, -0.2) is 28.0 Å². The average molecular weight is 198 g/mol. The van der Waals surface area contributed by atoms with Crippen molar-refractivity contribution in [3.63, 3.8) is 0 Å². The van der Waals surface area contributed by atoms with Gasteiger partial charge in [-0.05, 0) is 13.2 Å². The Labute approximate surface area is 82.3 Å². The fourth-order valence-electron chi connectivity index (χ4n) is 0.957. The molecule has 0 amide bonds. The van der Waals surface area contributed by atoms with Crippen LogP contribution < -0.4 is 11.1 Å². The molecule has 0 aliphatic carbocycles. The summed E-state index contributed by atoms with van der Waals surface area (Å²) in [5.41, 5.74) is 5.41. The summed E-state index contributed by atoms with van der Waals surface area (Å²) in [6.45, 7) is 2.11. The molecule has 13 heavy (non-hydrogen) atoms. The normalized spacial score (nSPS) is 12.5. The molecule has 0 aliphatic heterocycles. The number of thioether (sulfide) groups is 1. The summed E-state index contributed by atoms with van der Waals surface area (Å²) in [7, 11) is 0. The van der Waals surface area contributed by atoms with Crippen LogP contribution in [0.2, 0.25) is 0 Å². The van der Waals surface area contributed by atoms with Crippen molar-refractivity contribution < 1.29 is 0 Å². The number of nitrogens with zero attached hydrogens (tertiary/aromatic N) is 2. The molecular weight excluding hydrogens is 184 g/mol. The molecule has 0 fully saturated rings. The van der Waals surface area contributed by atoms with Crippen molar-refractivity contribution in [2.24, 2.45) is 0 Å². The first kappa shape index (κ1) is 10.1. The highest BCUT2D eigenvalue weighted by Gasteiger charge is 2.01. The molecule has 0 radical (unpaired) electrons. The Morgan fingerprint density at radius 2 is 2.31 bits per heavy atom. The van der Waals surface area contributed by atoms with E-state index in [2.05, 4.69) is 28.5 Å². The van der Waals surface area contributed by atoms with Gasteiger partial charge < -0.3 is 11.1 Å². The van der Waals surface area contributed by atoms with Crippen molar-refractivity contribution in [2.45, 2.75) is 13.0 Å². The van der Waals surface area contributed by atoms with Gasteiger partial charge in [-0.3, -0.25) is 0 Å². The van der Waals surface area contributed by atoms with E-state index in [0.29, 0.717) is 11.9 Å². The molecule has 0 saturated heterocycles. The Morgan fingerprint density at radius 3 is 2.85 bits per heavy atom. The fraction of sp³-hybridized carbons (Fsp3) is 0.500. The van der Waals surface area contributed by atoms with Crippen LogP contribution in [0.25, 0.3) is 0 Å². The summed E-state index contributed by atoms with van der Waals surface area (Å²) in [5.74, 6) is 2.27. The molecule has 1 rings (SSSR count). The van der Waals surface area contributed by atoms with Crippen molar-refractivity contribution in [2.75, 3.05) is 23.1 Å². The first-order valence-electron chi connectivity index (χ1n) is 4.05. The lowest BCUT2D eigenvalue weighted by molar-refractivity contribution is 0.900. The van der Waals surface area contributed by atoms with Crippen molar-refractivity contribution in [3.05, 3.63) is 12.4 Å². The highest BCUT2D eigenvalue weighted by Crippen LogP contribution is 2.06. The predicted octanol–water partition coefficient (Wildman–Crippen LogP) is 1.22. The standard InChI is InChI=1S/C8H14N4S/c1-6(5-13-2)12-8-4-10-7(9)3-11-8/h3-4,6H,5H2,1-2H3,(H2,9,10)(H,11,12). The third-order valence-electron chi connectivity index (χ3n) is 1.48. The van der Waals surface area contributed by atoms with E-state index in [4.69, 9.17) is 5.73 Å². The zero-order valence-corrected chi connectivity index (χ0v) is 8.64. The number of nitrogens with two attached hydrogens (primary N) is 1. The predicted molar refractivity (Wildman–Crippen MR) is 57.9 cm³/mol. The molecule has 72 valence electrons. The van der Waals surface area contributed by atoms with Crippen molar-refractivity contribution in [1.29, 1.82) is 0 Å². The van der Waals surface area contributed by atoms with Crippen LogP contribution in [0, 0.1) is 0 Å². The van der Waals surface area contributed by atoms with E-state index in [1.54, 1.807) is 24.2 Å². The van der Waals surface area contributed by atoms with Crippen LogP contribution >= 0.6 is 11.8 Å². The minimum absolute atomic E-state index is 0.396. The van der Waals surface area contributed by atoms with Gasteiger partial charge in [0.1, 0.15) is 11.6 Å². The van der Waals surface area contributed by atoms with Crippen LogP contribution in [0.4, 0.5) is 11.6 Å². The maximum Gasteiger partial charge on any atom is 0.144 e. The maximum atomic E-state index is 5.41. The second kappa shape index (κ2) is 4.91. The Bertz CT molecular complexity index is 249. The highest BCUT2D eigenvalue weighted by molar-refractivity contribution is 7.98. The summed E-state index contributed by atoms with van der Waals surface area (Å²) >= 11 is 1.80. The summed E-state index contributed by atoms with van der Waals surface area (Å²) in [4.78, 5) is 8.03. The van der Waals surface area contributed by atoms with Crippen molar-refractivity contribution in [1.82, 2.24) is 9.97 Å². The van der Waals surface area contributed by atoms with Gasteiger partial charge in [-0.2, -0.15) is 11.8 Å². The number of hydrogen-bond acceptors (Lipinski definition) is 5. The number of rotatable bonds is 4. The lowest BCUT2D eigenvalue weighted by Gasteiger charge is -2.12. The van der Waals surface area contributed by atoms with Crippen molar-refractivity contribution >= 4 is 23.4 Å². The van der Waals surface area contributed by atoms with E-state index in [9.17, 15) is 0 Å². The Morgan fingerprint density at radius 1 is 1.54 bits per heavy atom. The molecule has 0 aromatic carbocycles. The van der Waals surface area contributed by atoms with E-state index in [0.717, 1.165) is 11.6 Å². The molecule has 5 heteroatoms. The number of hydrogen-bond donors (Lipinski definition) is 2. The van der Waals surface area contributed by atoms with Gasteiger partial charge in [-0.1, -0.05) is 0 Å². The van der Waals surface area contributed by atoms with Crippen LogP contribution in [0.1, 0.15) is 6.92 Å². The van der Waals surface area contributed by atoms with Gasteiger partial charge in [-0.15, -0.1) is 0 Å². The van der Waals surface area contributed by atoms with E-state index >= 15 is 0 Å². The van der Waals surface area contributed by atoms with E-state index in [1.165, 1.54) is 0 Å². The van der Waals surface area contributed by atoms with E-state index in [-0.39, 0.29) is 0 Å². The summed E-state index contributed by atoms with van der Waals surface area (Å²) in [6, 6.07) is 0.396. The van der Waals surface area contributed by atoms with Gasteiger partial charge in [0.25, 0.3) is 0 Å². The molecule has 0 bridgehead atoms. The Hall–Kier alpha value is -0.970. The highest BCUT2D eigenvalue weighted by atomic mass is 32.2. The Kier molecular flexibility index (Phi) is 3.82. The number of anilines is 2. The molecule has 1 aromatic heterocycles. The van der Waals surface area contributed by atoms with Crippen molar-refractivity contribution in [3.8, 4) is 0 Å². The molecule has 4 nitrogen and oxygen atoms in total. The molecule has 0 aliphatic rings. The van der Waals surface area contributed by atoms with E-state index < -0.39 is 0 Å². The zero-order valence-electron chi connectivity index (χ0n) is 7.82. The third kappa shape index (κ3) is 3.50. The quantitative estimate of drug-likeness (QED) is 0.761. The molecule has 1 aromatic rings. The lowest BCUT2D eigenvalue weighted by Crippen LogP contribution is -2.18. The Balaban J connectivity index is 2.49. The van der Waals surface area contributed by atoms with Crippen LogP contribution in [-0.2, 0) is 0 Å². The molecule has 3 N–H and O–H groups in total. The van der Waals surface area contributed by atoms with Gasteiger partial charge >= 0.3 is 0 Å². The maximum absolute atomic E-state index is 5.41. The first-order chi connectivity index (χ1) is 6.22. The number of nitrogens with one attached hydrogen (secondary N) is 1. The van der Waals surface area contributed by atoms with Crippen LogP contribution in [0.3, 0.4) is 0 Å². The SMILES string of the molecule is CSCC(C)Nc1cnc(N)cn1. The van der Waals surface area contributed by atoms with E-state index in [1.807, 2.05) is 0 Å². The molecule has 1 atom stereocenters. The largest absolute Gasteiger partial charge is 0.382 e. The summed E-state index contributed by atoms with van der Waals surface area (Å²) < 4.78 is 0. The molecule has 0 saturated carbocycles. The van der Waals surface area contributed by atoms with Gasteiger partial charge in [0.05, 0.1) is 12.4 Å². The summed E-state index contributed by atoms with van der Waals surface area (Å²) in [6.07, 6.45) is 5.27. The molecule has 1 unspecified atom stereocenters. The van der Waals surface area contributed by atoms with Gasteiger partial charge in [-0.25, -0.2) is 9.97 Å². The van der Waals surface area contributed by atoms with Crippen LogP contribution in [0.5, 0.6) is 0 Å².